The minimum absolute atomic E-state index is 0.123. The molecule has 1 saturated heterocycles. The Labute approximate surface area is 343 Å². The topological polar surface area (TPSA) is 192 Å². The zero-order chi connectivity index (χ0) is 40.9. The van der Waals surface area contributed by atoms with Crippen molar-refractivity contribution in [2.24, 2.45) is 4.99 Å². The molecule has 14 nitrogen and oxygen atoms in total. The van der Waals surface area contributed by atoms with Crippen LogP contribution in [0.5, 0.6) is 0 Å². The summed E-state index contributed by atoms with van der Waals surface area (Å²) in [4.78, 5) is 18.7. The Morgan fingerprint density at radius 1 is 0.947 bits per heavy atom. The molecule has 0 bridgehead atoms. The quantitative estimate of drug-likeness (QED) is 0.0288. The predicted molar refractivity (Wildman–Crippen MR) is 223 cm³/mol. The fourth-order valence-corrected chi connectivity index (χ4v) is 8.08. The standard InChI is InChI=1S/C41H65ClN5O9P/c1-3-4-5-6-7-8-9-10-11-12-13-14-15-16-17-20-25-52-27-33(53-26-32-21-18-19-22-34(32)42)28-54-57(50,51)55-29-36-38(48)39(49)41(56-36,30-44-2)37-24-23-35-40(43)45-31-46-47(35)37/h18-19,21-24,30-31,33,36,38-39,48-49H,3-17,20,25-29H2,1-2H3,(H,50,51)(H2,43,45,46)/b44-30-/t33-,36-,38-,39-,41+/m1/s1. The van der Waals surface area contributed by atoms with Crippen LogP contribution in [-0.2, 0) is 40.0 Å². The lowest BCUT2D eigenvalue weighted by Gasteiger charge is -2.27. The summed E-state index contributed by atoms with van der Waals surface area (Å²) < 4.78 is 43.2. The van der Waals surface area contributed by atoms with Gasteiger partial charge >= 0.3 is 7.82 Å². The van der Waals surface area contributed by atoms with E-state index >= 15 is 0 Å². The summed E-state index contributed by atoms with van der Waals surface area (Å²) in [5, 5.41) is 27.0. The molecule has 0 saturated carbocycles. The largest absolute Gasteiger partial charge is 0.472 e. The van der Waals surface area contributed by atoms with Crippen molar-refractivity contribution in [2.45, 2.75) is 146 Å². The minimum atomic E-state index is -4.70. The number of ether oxygens (including phenoxy) is 3. The zero-order valence-corrected chi connectivity index (χ0v) is 35.4. The number of nitrogens with two attached hydrogens (primary N) is 1. The van der Waals surface area contributed by atoms with Crippen LogP contribution in [0, 0.1) is 0 Å². The summed E-state index contributed by atoms with van der Waals surface area (Å²) in [5.74, 6) is 0.200. The normalized spacial score (nSPS) is 21.5. The number of anilines is 1. The number of aliphatic hydroxyl groups excluding tert-OH is 2. The lowest BCUT2D eigenvalue weighted by atomic mass is 9.92. The van der Waals surface area contributed by atoms with Gasteiger partial charge in [0.15, 0.2) is 11.4 Å². The first-order valence-electron chi connectivity index (χ1n) is 20.7. The van der Waals surface area contributed by atoms with Gasteiger partial charge in [0.25, 0.3) is 0 Å². The number of aromatic nitrogens is 3. The highest BCUT2D eigenvalue weighted by Crippen LogP contribution is 2.46. The molecular weight excluding hydrogens is 773 g/mol. The van der Waals surface area contributed by atoms with Gasteiger partial charge in [-0.1, -0.05) is 133 Å². The SMILES string of the molecule is CCCCCCCCCCCCCCCCCCOC[C@H](COP(=O)(O)OC[C@H]1O[C@@](/C=N\C)(c2ccc3c(N)ncnn23)[C@H](O)[C@@H]1O)OCc1ccccc1Cl. The Hall–Kier alpha value is -2.49. The molecule has 1 aliphatic heterocycles. The molecule has 5 N–H and O–H groups in total. The number of phosphoric ester groups is 1. The number of phosphoric acid groups is 1. The van der Waals surface area contributed by atoms with Crippen LogP contribution >= 0.6 is 19.4 Å². The van der Waals surface area contributed by atoms with Crippen LogP contribution in [0.1, 0.15) is 121 Å². The number of benzene rings is 1. The van der Waals surface area contributed by atoms with Crippen molar-refractivity contribution in [3.8, 4) is 0 Å². The average molecular weight is 838 g/mol. The Bertz CT molecular complexity index is 1670. The number of hydrogen-bond acceptors (Lipinski definition) is 12. The van der Waals surface area contributed by atoms with Gasteiger partial charge in [-0.25, -0.2) is 14.1 Å². The number of fused-ring (bicyclic) bond motifs is 1. The molecule has 3 heterocycles. The number of rotatable bonds is 30. The number of hydrogen-bond donors (Lipinski definition) is 4. The molecule has 0 radical (unpaired) electrons. The molecule has 2 aromatic heterocycles. The van der Waals surface area contributed by atoms with Gasteiger partial charge in [0, 0.05) is 24.9 Å². The first-order chi connectivity index (χ1) is 27.6. The summed E-state index contributed by atoms with van der Waals surface area (Å²) in [5.41, 5.74) is 5.83. The number of aliphatic hydroxyl groups is 2. The lowest BCUT2D eigenvalue weighted by Crippen LogP contribution is -2.43. The number of aliphatic imine (C=N–C) groups is 1. The van der Waals surface area contributed by atoms with E-state index < -0.39 is 44.4 Å². The molecule has 1 fully saturated rings. The van der Waals surface area contributed by atoms with E-state index in [1.165, 1.54) is 108 Å². The third-order valence-electron chi connectivity index (χ3n) is 10.4. The highest BCUT2D eigenvalue weighted by atomic mass is 35.5. The first-order valence-corrected chi connectivity index (χ1v) is 22.6. The van der Waals surface area contributed by atoms with Crippen molar-refractivity contribution in [1.29, 1.82) is 0 Å². The first kappa shape index (κ1) is 47.2. The van der Waals surface area contributed by atoms with Gasteiger partial charge in [0.05, 0.1) is 32.1 Å². The second-order valence-corrected chi connectivity index (χ2v) is 16.8. The molecule has 4 rings (SSSR count). The van der Waals surface area contributed by atoms with Crippen LogP contribution in [0.2, 0.25) is 5.02 Å². The smallest absolute Gasteiger partial charge is 0.387 e. The van der Waals surface area contributed by atoms with Crippen LogP contribution in [0.4, 0.5) is 5.82 Å². The molecule has 57 heavy (non-hydrogen) atoms. The van der Waals surface area contributed by atoms with E-state index in [2.05, 4.69) is 22.0 Å². The van der Waals surface area contributed by atoms with Crippen LogP contribution in [-0.4, -0.2) is 93.8 Å². The Balaban J connectivity index is 1.19. The van der Waals surface area contributed by atoms with E-state index in [1.807, 2.05) is 18.2 Å². The number of nitrogen functional groups attached to an aromatic ring is 1. The zero-order valence-electron chi connectivity index (χ0n) is 33.8. The van der Waals surface area contributed by atoms with E-state index in [9.17, 15) is 19.7 Å². The van der Waals surface area contributed by atoms with Crippen molar-refractivity contribution in [2.75, 3.05) is 39.2 Å². The van der Waals surface area contributed by atoms with E-state index in [-0.39, 0.29) is 25.6 Å². The Morgan fingerprint density at radius 2 is 1.58 bits per heavy atom. The van der Waals surface area contributed by atoms with Crippen LogP contribution in [0.3, 0.4) is 0 Å². The van der Waals surface area contributed by atoms with E-state index in [1.54, 1.807) is 18.2 Å². The molecule has 0 aliphatic carbocycles. The number of unbranched alkanes of at least 4 members (excludes halogenated alkanes) is 15. The maximum atomic E-state index is 13.1. The molecule has 3 aromatic rings. The van der Waals surface area contributed by atoms with Gasteiger partial charge in [-0.05, 0) is 30.2 Å². The molecule has 1 unspecified atom stereocenters. The molecule has 1 aliphatic rings. The summed E-state index contributed by atoms with van der Waals surface area (Å²) in [6, 6.07) is 10.5. The number of halogens is 1. The van der Waals surface area contributed by atoms with Crippen molar-refractivity contribution in [3.63, 3.8) is 0 Å². The monoisotopic (exact) mass is 837 g/mol. The average Bonchev–Trinajstić information content (AvgIpc) is 3.74. The van der Waals surface area contributed by atoms with Gasteiger partial charge in [-0.3, -0.25) is 14.0 Å². The van der Waals surface area contributed by atoms with Gasteiger partial charge in [-0.2, -0.15) is 5.10 Å². The van der Waals surface area contributed by atoms with Crippen molar-refractivity contribution in [1.82, 2.24) is 14.6 Å². The molecule has 16 heteroatoms. The highest BCUT2D eigenvalue weighted by Gasteiger charge is 2.56. The summed E-state index contributed by atoms with van der Waals surface area (Å²) in [6.07, 6.45) is 18.1. The minimum Gasteiger partial charge on any atom is -0.387 e. The van der Waals surface area contributed by atoms with Crippen LogP contribution in [0.15, 0.2) is 47.7 Å². The second kappa shape index (κ2) is 25.2. The van der Waals surface area contributed by atoms with E-state index in [0.717, 1.165) is 24.8 Å². The summed E-state index contributed by atoms with van der Waals surface area (Å²) >= 11 is 6.33. The van der Waals surface area contributed by atoms with Crippen molar-refractivity contribution >= 4 is 37.0 Å². The lowest BCUT2D eigenvalue weighted by molar-refractivity contribution is -0.0626. The van der Waals surface area contributed by atoms with Gasteiger partial charge in [-0.15, -0.1) is 0 Å². The molecule has 0 amide bonds. The van der Waals surface area contributed by atoms with E-state index in [4.69, 9.17) is 40.6 Å². The third-order valence-corrected chi connectivity index (χ3v) is 11.7. The fraction of sp³-hybridized carbons (Fsp3) is 0.683. The van der Waals surface area contributed by atoms with Crippen LogP contribution in [0.25, 0.3) is 5.52 Å². The van der Waals surface area contributed by atoms with Crippen LogP contribution < -0.4 is 5.73 Å². The molecule has 320 valence electrons. The van der Waals surface area contributed by atoms with Crippen molar-refractivity contribution < 1.29 is 42.9 Å². The van der Waals surface area contributed by atoms with Crippen molar-refractivity contribution in [3.05, 3.63) is 59.0 Å². The Kier molecular flexibility index (Phi) is 20.9. The maximum absolute atomic E-state index is 13.1. The third kappa shape index (κ3) is 14.9. The summed E-state index contributed by atoms with van der Waals surface area (Å²) in [6.45, 7) is 2.13. The molecule has 6 atom stereocenters. The van der Waals surface area contributed by atoms with Gasteiger partial charge in [0.1, 0.15) is 36.3 Å². The highest BCUT2D eigenvalue weighted by molar-refractivity contribution is 7.47. The predicted octanol–water partition coefficient (Wildman–Crippen LogP) is 7.98. The second-order valence-electron chi connectivity index (χ2n) is 14.9. The number of nitrogens with zero attached hydrogens (tertiary/aromatic N) is 4. The molecule has 1 aromatic carbocycles. The van der Waals surface area contributed by atoms with Gasteiger partial charge in [0.2, 0.25) is 0 Å². The van der Waals surface area contributed by atoms with E-state index in [0.29, 0.717) is 22.8 Å². The molecule has 0 spiro atoms. The van der Waals surface area contributed by atoms with Gasteiger partial charge < -0.3 is 35.1 Å². The molecular formula is C41H65ClN5O9P. The Morgan fingerprint density at radius 3 is 2.21 bits per heavy atom. The fourth-order valence-electron chi connectivity index (χ4n) is 7.12. The summed E-state index contributed by atoms with van der Waals surface area (Å²) in [7, 11) is -3.22. The maximum Gasteiger partial charge on any atom is 0.472 e.